The van der Waals surface area contributed by atoms with Gasteiger partial charge in [0.15, 0.2) is 5.82 Å². The molecule has 0 bridgehead atoms. The van der Waals surface area contributed by atoms with Gasteiger partial charge in [-0.1, -0.05) is 31.1 Å². The molecule has 3 aromatic rings. The van der Waals surface area contributed by atoms with E-state index in [1.807, 2.05) is 31.6 Å². The summed E-state index contributed by atoms with van der Waals surface area (Å²) in [6.07, 6.45) is 6.56. The number of aryl methyl sites for hydroxylation is 1. The van der Waals surface area contributed by atoms with Gasteiger partial charge in [0.1, 0.15) is 5.82 Å². The minimum Gasteiger partial charge on any atom is -0.339 e. The Labute approximate surface area is 170 Å². The van der Waals surface area contributed by atoms with Gasteiger partial charge in [0, 0.05) is 24.6 Å². The molecule has 0 radical (unpaired) electrons. The summed E-state index contributed by atoms with van der Waals surface area (Å²) in [5.41, 5.74) is 2.18. The Kier molecular flexibility index (Phi) is 5.50. The van der Waals surface area contributed by atoms with Gasteiger partial charge in [-0.05, 0) is 50.6 Å². The zero-order chi connectivity index (χ0) is 20.4. The first kappa shape index (κ1) is 19.8. The summed E-state index contributed by atoms with van der Waals surface area (Å²) < 4.78 is 20.9. The SMILES string of the molecule is CCc1noc(C2(C)CCN(Cc3cncn3[C@H](C)c3ccc(F)cc3)CC2)n1. The maximum absolute atomic E-state index is 13.2. The van der Waals surface area contributed by atoms with Gasteiger partial charge in [-0.25, -0.2) is 9.37 Å². The van der Waals surface area contributed by atoms with E-state index in [0.717, 1.165) is 61.9 Å². The molecule has 3 heterocycles. The van der Waals surface area contributed by atoms with Gasteiger partial charge in [-0.2, -0.15) is 4.98 Å². The van der Waals surface area contributed by atoms with E-state index >= 15 is 0 Å². The molecule has 1 atom stereocenters. The number of rotatable bonds is 6. The Morgan fingerprint density at radius 3 is 2.59 bits per heavy atom. The van der Waals surface area contributed by atoms with Crippen molar-refractivity contribution in [3.8, 4) is 0 Å². The van der Waals surface area contributed by atoms with E-state index < -0.39 is 0 Å². The zero-order valence-electron chi connectivity index (χ0n) is 17.3. The summed E-state index contributed by atoms with van der Waals surface area (Å²) in [5, 5.41) is 4.07. The Morgan fingerprint density at radius 1 is 1.21 bits per heavy atom. The Bertz CT molecular complexity index is 940. The average Bonchev–Trinajstić information content (AvgIpc) is 3.40. The molecule has 1 aromatic carbocycles. The number of piperidine rings is 1. The normalized spacial score (nSPS) is 18.1. The molecule has 0 unspecified atom stereocenters. The van der Waals surface area contributed by atoms with Crippen molar-refractivity contribution in [2.75, 3.05) is 13.1 Å². The number of benzene rings is 1. The van der Waals surface area contributed by atoms with E-state index in [0.29, 0.717) is 0 Å². The van der Waals surface area contributed by atoms with E-state index in [-0.39, 0.29) is 17.3 Å². The van der Waals surface area contributed by atoms with Gasteiger partial charge in [0.2, 0.25) is 5.89 Å². The van der Waals surface area contributed by atoms with E-state index in [4.69, 9.17) is 4.52 Å². The quantitative estimate of drug-likeness (QED) is 0.626. The molecule has 2 aromatic heterocycles. The number of imidazole rings is 1. The van der Waals surface area contributed by atoms with Crippen LogP contribution in [0.2, 0.25) is 0 Å². The van der Waals surface area contributed by atoms with E-state index in [1.54, 1.807) is 0 Å². The third kappa shape index (κ3) is 4.10. The van der Waals surface area contributed by atoms with Crippen LogP contribution in [-0.4, -0.2) is 37.7 Å². The maximum atomic E-state index is 13.2. The monoisotopic (exact) mass is 397 g/mol. The summed E-state index contributed by atoms with van der Waals surface area (Å²) in [7, 11) is 0. The highest BCUT2D eigenvalue weighted by Crippen LogP contribution is 2.34. The van der Waals surface area contributed by atoms with Crippen LogP contribution < -0.4 is 0 Å². The second-order valence-electron chi connectivity index (χ2n) is 8.23. The number of nitrogens with zero attached hydrogens (tertiary/aromatic N) is 5. The van der Waals surface area contributed by atoms with Crippen LogP contribution in [0.5, 0.6) is 0 Å². The molecule has 29 heavy (non-hydrogen) atoms. The molecule has 1 aliphatic rings. The smallest absolute Gasteiger partial charge is 0.232 e. The van der Waals surface area contributed by atoms with Crippen LogP contribution in [-0.2, 0) is 18.4 Å². The van der Waals surface area contributed by atoms with Crippen molar-refractivity contribution in [2.45, 2.75) is 58.0 Å². The van der Waals surface area contributed by atoms with Crippen molar-refractivity contribution in [3.63, 3.8) is 0 Å². The fourth-order valence-corrected chi connectivity index (χ4v) is 4.00. The fourth-order valence-electron chi connectivity index (χ4n) is 4.00. The summed E-state index contributed by atoms with van der Waals surface area (Å²) in [4.78, 5) is 11.4. The van der Waals surface area contributed by atoms with Crippen LogP contribution in [0.4, 0.5) is 4.39 Å². The predicted molar refractivity (Wildman–Crippen MR) is 108 cm³/mol. The number of hydrogen-bond acceptors (Lipinski definition) is 5. The molecule has 1 saturated heterocycles. The summed E-state index contributed by atoms with van der Waals surface area (Å²) >= 11 is 0. The van der Waals surface area contributed by atoms with Gasteiger partial charge in [-0.3, -0.25) is 4.90 Å². The first-order valence-electron chi connectivity index (χ1n) is 10.3. The van der Waals surface area contributed by atoms with Gasteiger partial charge in [-0.15, -0.1) is 0 Å². The van der Waals surface area contributed by atoms with Gasteiger partial charge in [0.25, 0.3) is 0 Å². The fraction of sp³-hybridized carbons (Fsp3) is 0.500. The molecule has 1 fully saturated rings. The van der Waals surface area contributed by atoms with Crippen molar-refractivity contribution < 1.29 is 8.91 Å². The number of likely N-dealkylation sites (tertiary alicyclic amines) is 1. The molecule has 0 N–H and O–H groups in total. The third-order valence-corrected chi connectivity index (χ3v) is 6.16. The summed E-state index contributed by atoms with van der Waals surface area (Å²) in [6.45, 7) is 9.15. The minimum atomic E-state index is -0.213. The molecule has 0 spiro atoms. The van der Waals surface area contributed by atoms with Crippen LogP contribution >= 0.6 is 0 Å². The molecule has 0 amide bonds. The van der Waals surface area contributed by atoms with Crippen LogP contribution in [0, 0.1) is 5.82 Å². The van der Waals surface area contributed by atoms with Crippen molar-refractivity contribution >= 4 is 0 Å². The Balaban J connectivity index is 1.41. The highest BCUT2D eigenvalue weighted by Gasteiger charge is 2.36. The van der Waals surface area contributed by atoms with E-state index in [1.165, 1.54) is 12.1 Å². The van der Waals surface area contributed by atoms with Crippen molar-refractivity contribution in [1.82, 2.24) is 24.6 Å². The van der Waals surface area contributed by atoms with Gasteiger partial charge < -0.3 is 9.09 Å². The first-order chi connectivity index (χ1) is 14.0. The lowest BCUT2D eigenvalue weighted by Crippen LogP contribution is -2.41. The van der Waals surface area contributed by atoms with Crippen molar-refractivity contribution in [3.05, 3.63) is 65.6 Å². The maximum Gasteiger partial charge on any atom is 0.232 e. The van der Waals surface area contributed by atoms with E-state index in [2.05, 4.69) is 38.4 Å². The molecule has 0 saturated carbocycles. The summed E-state index contributed by atoms with van der Waals surface area (Å²) in [5.74, 6) is 1.33. The predicted octanol–water partition coefficient (Wildman–Crippen LogP) is 4.13. The lowest BCUT2D eigenvalue weighted by atomic mass is 9.80. The van der Waals surface area contributed by atoms with Crippen molar-refractivity contribution in [1.29, 1.82) is 0 Å². The van der Waals surface area contributed by atoms with Crippen LogP contribution in [0.25, 0.3) is 0 Å². The second-order valence-corrected chi connectivity index (χ2v) is 8.23. The lowest BCUT2D eigenvalue weighted by Gasteiger charge is -2.37. The molecule has 4 rings (SSSR count). The highest BCUT2D eigenvalue weighted by molar-refractivity contribution is 5.21. The molecule has 154 valence electrons. The zero-order valence-corrected chi connectivity index (χ0v) is 17.3. The first-order valence-corrected chi connectivity index (χ1v) is 10.3. The summed E-state index contributed by atoms with van der Waals surface area (Å²) in [6, 6.07) is 6.80. The molecular formula is C22H28FN5O. The average molecular weight is 397 g/mol. The molecule has 0 aliphatic carbocycles. The third-order valence-electron chi connectivity index (χ3n) is 6.16. The van der Waals surface area contributed by atoms with Crippen LogP contribution in [0.1, 0.15) is 62.6 Å². The lowest BCUT2D eigenvalue weighted by molar-refractivity contribution is 0.135. The van der Waals surface area contributed by atoms with Crippen LogP contribution in [0.15, 0.2) is 41.3 Å². The minimum absolute atomic E-state index is 0.0570. The Hall–Kier alpha value is -2.54. The van der Waals surface area contributed by atoms with Crippen molar-refractivity contribution in [2.24, 2.45) is 0 Å². The number of hydrogen-bond donors (Lipinski definition) is 0. The number of halogens is 1. The topological polar surface area (TPSA) is 60.0 Å². The standard InChI is InChI=1S/C22H28FN5O/c1-4-20-25-21(29-26-20)22(3)9-11-27(12-10-22)14-19-13-24-15-28(19)16(2)17-5-7-18(23)8-6-17/h5-8,13,15-16H,4,9-12,14H2,1-3H3/t16-/m1/s1. The van der Waals surface area contributed by atoms with Gasteiger partial charge in [0.05, 0.1) is 18.1 Å². The van der Waals surface area contributed by atoms with E-state index in [9.17, 15) is 4.39 Å². The number of aromatic nitrogens is 4. The Morgan fingerprint density at radius 2 is 1.93 bits per heavy atom. The second kappa shape index (κ2) is 8.06. The largest absolute Gasteiger partial charge is 0.339 e. The molecule has 7 heteroatoms. The van der Waals surface area contributed by atoms with Gasteiger partial charge >= 0.3 is 0 Å². The molecule has 6 nitrogen and oxygen atoms in total. The highest BCUT2D eigenvalue weighted by atomic mass is 19.1. The molecule has 1 aliphatic heterocycles. The van der Waals surface area contributed by atoms with Crippen LogP contribution in [0.3, 0.4) is 0 Å². The molecular weight excluding hydrogens is 369 g/mol.